The summed E-state index contributed by atoms with van der Waals surface area (Å²) in [7, 11) is 18.5. The summed E-state index contributed by atoms with van der Waals surface area (Å²) in [6.45, 7) is 4.38. The normalized spacial score (nSPS) is 12.3. The number of carboxylic acids is 6. The summed E-state index contributed by atoms with van der Waals surface area (Å²) in [5.41, 5.74) is 4.51. The van der Waals surface area contributed by atoms with Crippen LogP contribution < -0.4 is 0 Å². The van der Waals surface area contributed by atoms with Crippen molar-refractivity contribution in [3.8, 4) is 0 Å². The monoisotopic (exact) mass is 2300 g/mol. The molecule has 0 saturated heterocycles. The van der Waals surface area contributed by atoms with E-state index in [0.717, 1.165) is 214 Å². The number of rotatable bonds is 75. The molecule has 2 heterocycles. The zero-order valence-electron chi connectivity index (χ0n) is 84.2. The third kappa shape index (κ3) is 75.5. The molecular formula is C114H150N2O13S17. The molecule has 0 bridgehead atoms. The number of thioether (sulfide) groups is 7. The summed E-state index contributed by atoms with van der Waals surface area (Å²) in [5, 5.41) is 68.3. The minimum Gasteiger partial charge on any atom is -0.481 e. The molecule has 7 atom stereocenters. The third-order valence-electron chi connectivity index (χ3n) is 21.4. The van der Waals surface area contributed by atoms with Gasteiger partial charge in [-0.1, -0.05) is 345 Å². The maximum atomic E-state index is 10.7. The van der Waals surface area contributed by atoms with Gasteiger partial charge in [0.2, 0.25) is 0 Å². The van der Waals surface area contributed by atoms with E-state index in [9.17, 15) is 33.9 Å². The first kappa shape index (κ1) is 131. The molecule has 32 heteroatoms. The Kier molecular flexibility index (Phi) is 82.0. The van der Waals surface area contributed by atoms with Crippen molar-refractivity contribution >= 4 is 226 Å². The van der Waals surface area contributed by atoms with Crippen LogP contribution in [0.25, 0.3) is 0 Å². The summed E-state index contributed by atoms with van der Waals surface area (Å²) in [4.78, 5) is 77.7. The molecule has 8 aromatic carbocycles. The van der Waals surface area contributed by atoms with Crippen molar-refractivity contribution in [2.45, 2.75) is 290 Å². The number of aromatic nitrogens is 2. The Hall–Kier alpha value is -5.21. The van der Waals surface area contributed by atoms with Crippen LogP contribution in [0.15, 0.2) is 321 Å². The third-order valence-corrected chi connectivity index (χ3v) is 43.2. The number of hydrogen-bond acceptors (Lipinski definition) is 26. The van der Waals surface area contributed by atoms with Crippen molar-refractivity contribution in [1.29, 1.82) is 0 Å². The molecule has 146 heavy (non-hydrogen) atoms. The lowest BCUT2D eigenvalue weighted by Crippen LogP contribution is -2.07. The number of pyridine rings is 2. The summed E-state index contributed by atoms with van der Waals surface area (Å²) in [5.74, 6) is 7.68. The van der Waals surface area contributed by atoms with Crippen molar-refractivity contribution < 1.29 is 64.5 Å². The van der Waals surface area contributed by atoms with E-state index in [1.165, 1.54) is 54.9 Å². The average molecular weight is 2300 g/mol. The fraction of sp³-hybridized carbons (Fsp3) is 0.439. The number of hydrogen-bond donors (Lipinski definition) is 7. The van der Waals surface area contributed by atoms with Gasteiger partial charge in [-0.3, -0.25) is 28.8 Å². The van der Waals surface area contributed by atoms with Gasteiger partial charge >= 0.3 is 35.8 Å². The maximum Gasteiger partial charge on any atom is 0.303 e. The topological polar surface area (TPSA) is 270 Å². The van der Waals surface area contributed by atoms with Gasteiger partial charge in [-0.25, -0.2) is 9.97 Å². The van der Waals surface area contributed by atoms with Gasteiger partial charge in [0.1, 0.15) is 15.5 Å². The van der Waals surface area contributed by atoms with Gasteiger partial charge in [0.15, 0.2) is 0 Å². The number of carboxylic acid groups (broad SMARTS) is 6. The number of benzene rings is 8. The Labute approximate surface area is 940 Å². The number of aliphatic carboxylic acids is 6. The van der Waals surface area contributed by atoms with E-state index in [1.54, 1.807) is 33.3 Å². The fourth-order valence-electron chi connectivity index (χ4n) is 13.8. The molecule has 0 spiro atoms. The highest BCUT2D eigenvalue weighted by Gasteiger charge is 2.20. The average Bonchev–Trinajstić information content (AvgIpc) is 0.936. The summed E-state index contributed by atoms with van der Waals surface area (Å²) >= 11 is 13.4. The zero-order chi connectivity index (χ0) is 105. The van der Waals surface area contributed by atoms with E-state index in [2.05, 4.69) is 206 Å². The first-order valence-corrected chi connectivity index (χ1v) is 69.1. The van der Waals surface area contributed by atoms with E-state index in [-0.39, 0.29) is 25.7 Å². The van der Waals surface area contributed by atoms with Crippen molar-refractivity contribution in [1.82, 2.24) is 9.97 Å². The Morgan fingerprint density at radius 3 is 0.993 bits per heavy atom. The number of aliphatic hydroxyl groups excluding tert-OH is 1. The number of carbonyl (C=O) groups is 6. The lowest BCUT2D eigenvalue weighted by molar-refractivity contribution is -0.138. The first-order valence-electron chi connectivity index (χ1n) is 50.3. The Morgan fingerprint density at radius 2 is 0.582 bits per heavy atom. The molecule has 0 aliphatic rings. The van der Waals surface area contributed by atoms with E-state index in [0.29, 0.717) is 44.3 Å². The minimum absolute atomic E-state index is 0.248. The van der Waals surface area contributed by atoms with Crippen molar-refractivity contribution in [2.75, 3.05) is 46.0 Å². The van der Waals surface area contributed by atoms with Crippen LogP contribution in [0.1, 0.15) is 234 Å². The molecule has 0 aliphatic heterocycles. The molecule has 7 unspecified atom stereocenters. The quantitative estimate of drug-likeness (QED) is 0.00808. The molecule has 7 N–H and O–H groups in total. The summed E-state index contributed by atoms with van der Waals surface area (Å²) < 4.78 is 0. The molecule has 0 fully saturated rings. The van der Waals surface area contributed by atoms with Gasteiger partial charge in [-0.15, -0.1) is 35.3 Å². The number of nitrogens with zero attached hydrogens (tertiary/aromatic N) is 2. The highest BCUT2D eigenvalue weighted by Crippen LogP contribution is 2.43. The highest BCUT2D eigenvalue weighted by molar-refractivity contribution is 8.78. The van der Waals surface area contributed by atoms with Crippen LogP contribution >= 0.6 is 190 Å². The van der Waals surface area contributed by atoms with Gasteiger partial charge in [-0.05, 0) is 255 Å². The lowest BCUT2D eigenvalue weighted by atomic mass is 10.1. The lowest BCUT2D eigenvalue weighted by Gasteiger charge is -2.18. The van der Waals surface area contributed by atoms with E-state index in [1.807, 2.05) is 266 Å². The van der Waals surface area contributed by atoms with E-state index >= 15 is 0 Å². The standard InChI is InChI=1S/C22H28O3S2.C21H26O2S3.C21H26O2S2.C18H22N2O2S4.C16H24O2S4.C16H24O2S2/c23-21(24)14-8-7-13-20(27-17-18-9-3-1-4-10-18)15-16-26-22(25)19-11-5-2-6-12-19;22-21(23)14-8-7-11-19(24-17-18-9-3-1-4-10-18)15-16-25-26-20-12-5-2-6-13-20;22-21(23)14-8-7-13-20(25-19-11-5-2-6-12-19)15-16-24-17-18-9-3-1-4-10-18;21-18(22)10-2-1-7-15(24-26-17-9-4-6-13-20-17)11-14-23-25-16-8-3-5-12-19-16;1-2-19-20-13-12-15(10-6-7-11-16(17)18)22-21-14-8-4-3-5-9-14;1-2-19-15(10-6-7-11-16(17)18)12-13-20-14-8-4-3-5-9-14/h1-6,9-12,20,22,25H,7-8,13-17H2,(H,23,24);1-6,9-10,12-13,19H,7-8,11,14-17H2,(H,22,23);1-6,9-12,20H,7-8,13-17H2,(H,22,23);3-6,8-9,12-13,15H,1-2,7,10-11,14H2,(H,21,22);3-5,8-9,15H,2,6-7,10-13H2,1H3,(H,17,18);3-5,8-9,15H,2,6-7,10-13H2,1H3,(H,17,18). The van der Waals surface area contributed by atoms with Crippen LogP contribution in [0.5, 0.6) is 0 Å². The van der Waals surface area contributed by atoms with Gasteiger partial charge in [0, 0.05) is 142 Å². The highest BCUT2D eigenvalue weighted by atomic mass is 33.1. The first-order chi connectivity index (χ1) is 71.3. The van der Waals surface area contributed by atoms with E-state index in [4.69, 9.17) is 30.6 Å². The molecule has 10 rings (SSSR count). The fourth-order valence-corrected chi connectivity index (χ4v) is 33.6. The summed E-state index contributed by atoms with van der Waals surface area (Å²) in [6, 6.07) is 95.2. The molecule has 15 nitrogen and oxygen atoms in total. The largest absolute Gasteiger partial charge is 0.481 e. The molecule has 0 amide bonds. The predicted molar refractivity (Wildman–Crippen MR) is 652 cm³/mol. The minimum atomic E-state index is -0.718. The van der Waals surface area contributed by atoms with Crippen LogP contribution in [0.3, 0.4) is 0 Å². The van der Waals surface area contributed by atoms with E-state index < -0.39 is 41.3 Å². The molecule has 0 aliphatic carbocycles. The van der Waals surface area contributed by atoms with Crippen LogP contribution in [-0.4, -0.2) is 159 Å². The van der Waals surface area contributed by atoms with Gasteiger partial charge < -0.3 is 35.7 Å². The van der Waals surface area contributed by atoms with Crippen LogP contribution in [0.2, 0.25) is 0 Å². The second-order valence-corrected chi connectivity index (χ2v) is 55.4. The molecular weight excluding hydrogens is 2150 g/mol. The van der Waals surface area contributed by atoms with Gasteiger partial charge in [0.05, 0.1) is 0 Å². The van der Waals surface area contributed by atoms with Gasteiger partial charge in [-0.2, -0.15) is 47.0 Å². The van der Waals surface area contributed by atoms with Crippen LogP contribution in [0.4, 0.5) is 0 Å². The molecule has 0 saturated carbocycles. The van der Waals surface area contributed by atoms with Crippen LogP contribution in [-0.2, 0) is 46.0 Å². The Bertz CT molecular complexity index is 4710. The van der Waals surface area contributed by atoms with Crippen LogP contribution in [0, 0.1) is 0 Å². The second-order valence-electron chi connectivity index (χ2n) is 33.5. The smallest absolute Gasteiger partial charge is 0.303 e. The molecule has 0 radical (unpaired) electrons. The Balaban J connectivity index is 0.000000309. The number of aliphatic hydroxyl groups is 1. The van der Waals surface area contributed by atoms with Crippen molar-refractivity contribution in [2.24, 2.45) is 0 Å². The number of unbranched alkanes of at least 4 members (excludes halogenated alkanes) is 6. The molecule has 796 valence electrons. The predicted octanol–water partition coefficient (Wildman–Crippen LogP) is 35.9. The molecule has 2 aromatic heterocycles. The van der Waals surface area contributed by atoms with Crippen molar-refractivity contribution in [3.05, 3.63) is 314 Å². The Morgan fingerprint density at radius 1 is 0.260 bits per heavy atom. The SMILES string of the molecule is CCSC(CCCCC(=O)O)CCSc1ccccc1.CCSSCCC(CCCCC(=O)O)SSc1ccccc1.O=C(O)CCCCC(CCSC(O)c1ccccc1)SCc1ccccc1.O=C(O)CCCCC(CCSCc1ccccc1)Sc1ccccc1.O=C(O)CCCCC(CCSSc1ccccc1)SCc1ccccc1.O=C(O)CCCCC(CCSSc1ccccn1)SSc1ccccn1. The summed E-state index contributed by atoms with van der Waals surface area (Å²) in [6.07, 6.45) is 29.1. The van der Waals surface area contributed by atoms with Gasteiger partial charge in [0.25, 0.3) is 0 Å². The van der Waals surface area contributed by atoms with Crippen molar-refractivity contribution in [3.63, 3.8) is 0 Å². The maximum absolute atomic E-state index is 10.7. The zero-order valence-corrected chi connectivity index (χ0v) is 98.0. The molecule has 10 aromatic rings. The second kappa shape index (κ2) is 91.2.